The third-order valence-corrected chi connectivity index (χ3v) is 6.58. The monoisotopic (exact) mass is 356 g/mol. The highest BCUT2D eigenvalue weighted by atomic mass is 32.2. The number of methoxy groups -OCH3 is 1. The van der Waals surface area contributed by atoms with Gasteiger partial charge in [-0.1, -0.05) is 0 Å². The van der Waals surface area contributed by atoms with Gasteiger partial charge in [-0.05, 0) is 12.8 Å². The molecule has 0 saturated carbocycles. The van der Waals surface area contributed by atoms with E-state index in [-0.39, 0.29) is 17.4 Å². The molecule has 2 fully saturated rings. The Labute approximate surface area is 142 Å². The molecule has 3 heterocycles. The third kappa shape index (κ3) is 3.56. The van der Waals surface area contributed by atoms with Gasteiger partial charge in [-0.2, -0.15) is 0 Å². The first-order chi connectivity index (χ1) is 11.4. The van der Waals surface area contributed by atoms with E-state index in [4.69, 9.17) is 4.74 Å². The van der Waals surface area contributed by atoms with Crippen LogP contribution in [0.2, 0.25) is 0 Å². The predicted molar refractivity (Wildman–Crippen MR) is 88.9 cm³/mol. The van der Waals surface area contributed by atoms with E-state index in [1.54, 1.807) is 17.9 Å². The van der Waals surface area contributed by atoms with Crippen molar-refractivity contribution < 1.29 is 17.9 Å². The topological polar surface area (TPSA) is 84.7 Å². The lowest BCUT2D eigenvalue weighted by Gasteiger charge is -2.40. The minimum Gasteiger partial charge on any atom is -0.479 e. The first-order valence-corrected chi connectivity index (χ1v) is 10.0. The van der Waals surface area contributed by atoms with Crippen LogP contribution < -0.4 is 4.74 Å². The molecule has 0 unspecified atom stereocenters. The second-order valence-corrected chi connectivity index (χ2v) is 8.74. The third-order valence-electron chi connectivity index (χ3n) is 4.86. The van der Waals surface area contributed by atoms with E-state index < -0.39 is 9.84 Å². The van der Waals surface area contributed by atoms with Gasteiger partial charge in [-0.25, -0.2) is 8.42 Å². The molecule has 1 amide bonds. The number of sulfone groups is 1. The van der Waals surface area contributed by atoms with Gasteiger partial charge in [0.15, 0.2) is 0 Å². The van der Waals surface area contributed by atoms with Gasteiger partial charge in [0.2, 0.25) is 5.88 Å². The van der Waals surface area contributed by atoms with Gasteiger partial charge in [-0.15, -0.1) is 5.10 Å². The first-order valence-electron chi connectivity index (χ1n) is 8.21. The molecule has 2 aliphatic heterocycles. The number of carbonyl (C=O) groups excluding carboxylic acids is 1. The van der Waals surface area contributed by atoms with Gasteiger partial charge < -0.3 is 9.64 Å². The fourth-order valence-corrected chi connectivity index (χ4v) is 4.94. The number of hydrogen-bond acceptors (Lipinski definition) is 6. The van der Waals surface area contributed by atoms with Crippen molar-refractivity contribution in [2.45, 2.75) is 18.9 Å². The molecule has 0 spiro atoms. The number of hydrogen-bond donors (Lipinski definition) is 0. The maximum Gasteiger partial charge on any atom is 0.261 e. The van der Waals surface area contributed by atoms with Crippen LogP contribution in [-0.2, 0) is 16.9 Å². The van der Waals surface area contributed by atoms with Gasteiger partial charge in [0.25, 0.3) is 5.91 Å². The Hall–Kier alpha value is -1.61. The van der Waals surface area contributed by atoms with Crippen molar-refractivity contribution in [2.75, 3.05) is 44.8 Å². The highest BCUT2D eigenvalue weighted by Crippen LogP contribution is 2.22. The minimum atomic E-state index is -2.83. The van der Waals surface area contributed by atoms with Crippen molar-refractivity contribution in [3.63, 3.8) is 0 Å². The molecule has 24 heavy (non-hydrogen) atoms. The van der Waals surface area contributed by atoms with Gasteiger partial charge in [-0.3, -0.25) is 14.4 Å². The fourth-order valence-electron chi connectivity index (χ4n) is 3.47. The van der Waals surface area contributed by atoms with E-state index in [2.05, 4.69) is 10.00 Å². The lowest BCUT2D eigenvalue weighted by molar-refractivity contribution is 0.0555. The summed E-state index contributed by atoms with van der Waals surface area (Å²) in [5.41, 5.74) is 0.484. The second kappa shape index (κ2) is 6.72. The summed E-state index contributed by atoms with van der Waals surface area (Å²) < 4.78 is 29.8. The van der Waals surface area contributed by atoms with E-state index in [0.717, 1.165) is 13.1 Å². The van der Waals surface area contributed by atoms with Gasteiger partial charge in [0.1, 0.15) is 15.4 Å². The molecule has 0 atom stereocenters. The summed E-state index contributed by atoms with van der Waals surface area (Å²) in [6.07, 6.45) is 3.08. The Bertz CT molecular complexity index is 693. The average Bonchev–Trinajstić information content (AvgIpc) is 2.95. The van der Waals surface area contributed by atoms with Crippen LogP contribution in [0.1, 0.15) is 23.2 Å². The summed E-state index contributed by atoms with van der Waals surface area (Å²) in [6, 6.07) is 0.318. The molecule has 8 nitrogen and oxygen atoms in total. The molecule has 1 aromatic rings. The molecule has 2 aliphatic rings. The predicted octanol–water partition coefficient (Wildman–Crippen LogP) is -0.236. The summed E-state index contributed by atoms with van der Waals surface area (Å²) in [6.45, 7) is 2.83. The lowest BCUT2D eigenvalue weighted by atomic mass is 10.1. The number of rotatable bonds is 3. The molecule has 0 aliphatic carbocycles. The number of aryl methyl sites for hydroxylation is 1. The van der Waals surface area contributed by atoms with Crippen LogP contribution in [-0.4, -0.2) is 84.7 Å². The zero-order valence-electron chi connectivity index (χ0n) is 14.1. The molecule has 3 rings (SSSR count). The standard InChI is InChI=1S/C15H24N4O4S/c1-17-11-13(14(16-17)23-2)15(20)19-7-5-18(6-8-19)12-3-9-24(21,22)10-4-12/h11-12H,3-10H2,1-2H3. The van der Waals surface area contributed by atoms with Crippen LogP contribution in [0.25, 0.3) is 0 Å². The van der Waals surface area contributed by atoms with E-state index in [9.17, 15) is 13.2 Å². The summed E-state index contributed by atoms with van der Waals surface area (Å²) in [5.74, 6) is 0.848. The number of aromatic nitrogens is 2. The summed E-state index contributed by atoms with van der Waals surface area (Å²) in [5, 5.41) is 4.13. The van der Waals surface area contributed by atoms with Crippen LogP contribution >= 0.6 is 0 Å². The first kappa shape index (κ1) is 17.2. The van der Waals surface area contributed by atoms with E-state index in [1.165, 1.54) is 7.11 Å². The number of ether oxygens (including phenoxy) is 1. The fraction of sp³-hybridized carbons (Fsp3) is 0.733. The molecule has 9 heteroatoms. The molecule has 0 aromatic carbocycles. The Morgan fingerprint density at radius 2 is 1.83 bits per heavy atom. The number of nitrogens with zero attached hydrogens (tertiary/aromatic N) is 4. The van der Waals surface area contributed by atoms with E-state index >= 15 is 0 Å². The Kier molecular flexibility index (Phi) is 4.82. The highest BCUT2D eigenvalue weighted by Gasteiger charge is 2.32. The quantitative estimate of drug-likeness (QED) is 0.743. The average molecular weight is 356 g/mol. The molecule has 0 radical (unpaired) electrons. The normalized spacial score (nSPS) is 22.5. The van der Waals surface area contributed by atoms with Gasteiger partial charge in [0.05, 0.1) is 18.6 Å². The molecule has 0 bridgehead atoms. The SMILES string of the molecule is COc1nn(C)cc1C(=O)N1CCN(C2CCS(=O)(=O)CC2)CC1. The molecular weight excluding hydrogens is 332 g/mol. The van der Waals surface area contributed by atoms with Crippen LogP contribution in [0.3, 0.4) is 0 Å². The summed E-state index contributed by atoms with van der Waals surface area (Å²) in [7, 11) is 0.432. The van der Waals surface area contributed by atoms with E-state index in [0.29, 0.717) is 43.4 Å². The Morgan fingerprint density at radius 1 is 1.21 bits per heavy atom. The molecule has 1 aromatic heterocycles. The number of carbonyl (C=O) groups is 1. The smallest absolute Gasteiger partial charge is 0.261 e. The van der Waals surface area contributed by atoms with Crippen LogP contribution in [0.5, 0.6) is 5.88 Å². The molecule has 2 saturated heterocycles. The second-order valence-electron chi connectivity index (χ2n) is 6.44. The van der Waals surface area contributed by atoms with Crippen molar-refractivity contribution >= 4 is 15.7 Å². The zero-order valence-corrected chi connectivity index (χ0v) is 15.0. The van der Waals surface area contributed by atoms with Crippen molar-refractivity contribution in [3.05, 3.63) is 11.8 Å². The van der Waals surface area contributed by atoms with Crippen LogP contribution in [0.4, 0.5) is 0 Å². The maximum atomic E-state index is 12.7. The van der Waals surface area contributed by atoms with Gasteiger partial charge >= 0.3 is 0 Å². The van der Waals surface area contributed by atoms with Crippen LogP contribution in [0, 0.1) is 0 Å². The zero-order chi connectivity index (χ0) is 17.3. The summed E-state index contributed by atoms with van der Waals surface area (Å²) >= 11 is 0. The van der Waals surface area contributed by atoms with Crippen molar-refractivity contribution in [2.24, 2.45) is 7.05 Å². The van der Waals surface area contributed by atoms with Crippen LogP contribution in [0.15, 0.2) is 6.20 Å². The van der Waals surface area contributed by atoms with Gasteiger partial charge in [0, 0.05) is 45.5 Å². The van der Waals surface area contributed by atoms with Crippen molar-refractivity contribution in [3.8, 4) is 5.88 Å². The number of amides is 1. The summed E-state index contributed by atoms with van der Waals surface area (Å²) in [4.78, 5) is 16.8. The highest BCUT2D eigenvalue weighted by molar-refractivity contribution is 7.91. The lowest BCUT2D eigenvalue weighted by Crippen LogP contribution is -2.53. The molecule has 134 valence electrons. The maximum absolute atomic E-state index is 12.7. The van der Waals surface area contributed by atoms with Crippen molar-refractivity contribution in [1.82, 2.24) is 19.6 Å². The number of piperazine rings is 1. The van der Waals surface area contributed by atoms with E-state index in [1.807, 2.05) is 4.90 Å². The Balaban J connectivity index is 1.58. The molecule has 0 N–H and O–H groups in total. The minimum absolute atomic E-state index is 0.0641. The Morgan fingerprint density at radius 3 is 2.42 bits per heavy atom. The van der Waals surface area contributed by atoms with Crippen molar-refractivity contribution in [1.29, 1.82) is 0 Å². The largest absolute Gasteiger partial charge is 0.479 e. The molecular formula is C15H24N4O4S.